The fraction of sp³-hybridized carbons (Fsp3) is 0.409. The van der Waals surface area contributed by atoms with Crippen molar-refractivity contribution in [2.75, 3.05) is 5.75 Å². The van der Waals surface area contributed by atoms with Gasteiger partial charge in [-0.3, -0.25) is 4.79 Å². The molecule has 0 radical (unpaired) electrons. The quantitative estimate of drug-likeness (QED) is 0.455. The molecule has 0 atom stereocenters. The molecule has 154 valence electrons. The summed E-state index contributed by atoms with van der Waals surface area (Å²) < 4.78 is 2.17. The molecule has 5 nitrogen and oxygen atoms in total. The van der Waals surface area contributed by atoms with Crippen LogP contribution in [-0.2, 0) is 24.2 Å². The molecule has 29 heavy (non-hydrogen) atoms. The summed E-state index contributed by atoms with van der Waals surface area (Å²) in [6, 6.07) is 14.9. The SMILES string of the molecule is CCC(CC)NC(=O)CSc1nnc(Cc2cccs2)n1CCc1ccccc1. The average Bonchev–Trinajstić information content (AvgIpc) is 3.40. The molecule has 1 N–H and O–H groups in total. The van der Waals surface area contributed by atoms with Gasteiger partial charge in [-0.1, -0.05) is 62.0 Å². The molecule has 0 saturated carbocycles. The summed E-state index contributed by atoms with van der Waals surface area (Å²) in [6.45, 7) is 4.99. The van der Waals surface area contributed by atoms with E-state index in [0.717, 1.165) is 43.2 Å². The van der Waals surface area contributed by atoms with E-state index in [1.165, 1.54) is 22.2 Å². The van der Waals surface area contributed by atoms with Crippen LogP contribution in [0.1, 0.15) is 43.0 Å². The van der Waals surface area contributed by atoms with Crippen LogP contribution in [0.25, 0.3) is 0 Å². The second kappa shape index (κ2) is 11.2. The lowest BCUT2D eigenvalue weighted by Gasteiger charge is -2.14. The van der Waals surface area contributed by atoms with Crippen LogP contribution in [0.2, 0.25) is 0 Å². The number of benzene rings is 1. The van der Waals surface area contributed by atoms with E-state index in [2.05, 4.69) is 75.7 Å². The van der Waals surface area contributed by atoms with Gasteiger partial charge in [0.1, 0.15) is 5.82 Å². The Morgan fingerprint density at radius 3 is 2.62 bits per heavy atom. The van der Waals surface area contributed by atoms with Crippen LogP contribution in [0.5, 0.6) is 0 Å². The minimum atomic E-state index is 0.0566. The summed E-state index contributed by atoms with van der Waals surface area (Å²) in [7, 11) is 0. The standard InChI is InChI=1S/C22H28N4OS2/c1-3-18(4-2)23-21(27)16-29-22-25-24-20(15-19-11-8-14-28-19)26(22)13-12-17-9-6-5-7-10-17/h5-11,14,18H,3-4,12-13,15-16H2,1-2H3,(H,23,27). The van der Waals surface area contributed by atoms with Gasteiger partial charge in [0, 0.05) is 23.9 Å². The van der Waals surface area contributed by atoms with Crippen molar-refractivity contribution in [3.63, 3.8) is 0 Å². The molecule has 0 aliphatic rings. The lowest BCUT2D eigenvalue weighted by Crippen LogP contribution is -2.35. The first kappa shape index (κ1) is 21.6. The molecule has 0 unspecified atom stereocenters. The van der Waals surface area contributed by atoms with Gasteiger partial charge in [-0.25, -0.2) is 0 Å². The average molecular weight is 429 g/mol. The molecule has 0 saturated heterocycles. The van der Waals surface area contributed by atoms with E-state index >= 15 is 0 Å². The highest BCUT2D eigenvalue weighted by atomic mass is 32.2. The van der Waals surface area contributed by atoms with Crippen molar-refractivity contribution in [3.05, 3.63) is 64.1 Å². The molecule has 3 rings (SSSR count). The van der Waals surface area contributed by atoms with Crippen molar-refractivity contribution in [2.24, 2.45) is 0 Å². The Morgan fingerprint density at radius 2 is 1.93 bits per heavy atom. The molecule has 3 aromatic rings. The first-order chi connectivity index (χ1) is 14.2. The third-order valence-corrected chi connectivity index (χ3v) is 6.70. The lowest BCUT2D eigenvalue weighted by molar-refractivity contribution is -0.119. The summed E-state index contributed by atoms with van der Waals surface area (Å²) in [5.41, 5.74) is 1.28. The maximum atomic E-state index is 12.3. The van der Waals surface area contributed by atoms with Crippen LogP contribution in [-0.4, -0.2) is 32.5 Å². The number of carbonyl (C=O) groups excluding carboxylic acids is 1. The van der Waals surface area contributed by atoms with E-state index in [4.69, 9.17) is 0 Å². The number of hydrogen-bond donors (Lipinski definition) is 1. The van der Waals surface area contributed by atoms with Gasteiger partial charge >= 0.3 is 0 Å². The summed E-state index contributed by atoms with van der Waals surface area (Å²) in [5.74, 6) is 1.37. The highest BCUT2D eigenvalue weighted by Crippen LogP contribution is 2.21. The van der Waals surface area contributed by atoms with Crippen LogP contribution < -0.4 is 5.32 Å². The van der Waals surface area contributed by atoms with Crippen molar-refractivity contribution in [2.45, 2.75) is 57.3 Å². The van der Waals surface area contributed by atoms with Crippen LogP contribution in [0.3, 0.4) is 0 Å². The number of thioether (sulfide) groups is 1. The summed E-state index contributed by atoms with van der Waals surface area (Å²) in [4.78, 5) is 13.6. The van der Waals surface area contributed by atoms with Gasteiger partial charge < -0.3 is 9.88 Å². The minimum absolute atomic E-state index is 0.0566. The number of nitrogens with one attached hydrogen (secondary N) is 1. The minimum Gasteiger partial charge on any atom is -0.353 e. The van der Waals surface area contributed by atoms with E-state index in [1.54, 1.807) is 11.3 Å². The van der Waals surface area contributed by atoms with Gasteiger partial charge in [0.25, 0.3) is 0 Å². The summed E-state index contributed by atoms with van der Waals surface area (Å²) >= 11 is 3.20. The Balaban J connectivity index is 1.69. The molecule has 7 heteroatoms. The summed E-state index contributed by atoms with van der Waals surface area (Å²) in [5, 5.41) is 14.8. The highest BCUT2D eigenvalue weighted by molar-refractivity contribution is 7.99. The number of hydrogen-bond acceptors (Lipinski definition) is 5. The van der Waals surface area contributed by atoms with E-state index in [0.29, 0.717) is 5.75 Å². The monoisotopic (exact) mass is 428 g/mol. The van der Waals surface area contributed by atoms with Gasteiger partial charge in [-0.15, -0.1) is 21.5 Å². The molecule has 0 spiro atoms. The number of amides is 1. The van der Waals surface area contributed by atoms with Crippen LogP contribution in [0.15, 0.2) is 53.0 Å². The highest BCUT2D eigenvalue weighted by Gasteiger charge is 2.16. The zero-order chi connectivity index (χ0) is 20.5. The number of aromatic nitrogens is 3. The predicted octanol–water partition coefficient (Wildman–Crippen LogP) is 4.57. The van der Waals surface area contributed by atoms with E-state index in [-0.39, 0.29) is 11.9 Å². The molecule has 1 aromatic carbocycles. The zero-order valence-electron chi connectivity index (χ0n) is 17.0. The molecule has 2 aromatic heterocycles. The lowest BCUT2D eigenvalue weighted by atomic mass is 10.1. The van der Waals surface area contributed by atoms with Gasteiger partial charge in [0.2, 0.25) is 5.91 Å². The zero-order valence-corrected chi connectivity index (χ0v) is 18.6. The van der Waals surface area contributed by atoms with E-state index in [1.807, 2.05) is 6.07 Å². The van der Waals surface area contributed by atoms with Gasteiger partial charge in [-0.2, -0.15) is 0 Å². The van der Waals surface area contributed by atoms with Crippen molar-refractivity contribution in [1.82, 2.24) is 20.1 Å². The van der Waals surface area contributed by atoms with E-state index < -0.39 is 0 Å². The van der Waals surface area contributed by atoms with Crippen LogP contribution in [0.4, 0.5) is 0 Å². The molecule has 1 amide bonds. The summed E-state index contributed by atoms with van der Waals surface area (Å²) in [6.07, 6.45) is 3.57. The van der Waals surface area contributed by atoms with Crippen LogP contribution in [0, 0.1) is 0 Å². The predicted molar refractivity (Wildman–Crippen MR) is 121 cm³/mol. The number of nitrogens with zero attached hydrogens (tertiary/aromatic N) is 3. The first-order valence-corrected chi connectivity index (χ1v) is 12.0. The third kappa shape index (κ3) is 6.44. The maximum absolute atomic E-state index is 12.3. The number of carbonyl (C=O) groups is 1. The Labute approximate surface area is 180 Å². The topological polar surface area (TPSA) is 59.8 Å². The fourth-order valence-corrected chi connectivity index (χ4v) is 4.62. The van der Waals surface area contributed by atoms with Gasteiger partial charge in [-0.05, 0) is 36.3 Å². The normalized spacial score (nSPS) is 11.1. The van der Waals surface area contributed by atoms with Crippen molar-refractivity contribution >= 4 is 29.0 Å². The number of rotatable bonds is 11. The molecule has 0 aliphatic carbocycles. The first-order valence-electron chi connectivity index (χ1n) is 10.1. The second-order valence-electron chi connectivity index (χ2n) is 6.91. The molecular formula is C22H28N4OS2. The Morgan fingerprint density at radius 1 is 1.14 bits per heavy atom. The Hall–Kier alpha value is -2.12. The third-order valence-electron chi connectivity index (χ3n) is 4.86. The van der Waals surface area contributed by atoms with Crippen LogP contribution >= 0.6 is 23.1 Å². The number of aryl methyl sites for hydroxylation is 1. The largest absolute Gasteiger partial charge is 0.353 e. The molecule has 0 fully saturated rings. The van der Waals surface area contributed by atoms with Crippen molar-refractivity contribution < 1.29 is 4.79 Å². The molecule has 0 aliphatic heterocycles. The van der Waals surface area contributed by atoms with Gasteiger partial charge in [0.05, 0.1) is 5.75 Å². The molecular weight excluding hydrogens is 400 g/mol. The Bertz CT molecular complexity index is 874. The van der Waals surface area contributed by atoms with Crippen molar-refractivity contribution in [1.29, 1.82) is 0 Å². The maximum Gasteiger partial charge on any atom is 0.230 e. The smallest absolute Gasteiger partial charge is 0.230 e. The van der Waals surface area contributed by atoms with Crippen molar-refractivity contribution in [3.8, 4) is 0 Å². The molecule has 2 heterocycles. The van der Waals surface area contributed by atoms with Gasteiger partial charge in [0.15, 0.2) is 5.16 Å². The number of thiophene rings is 1. The van der Waals surface area contributed by atoms with E-state index in [9.17, 15) is 4.79 Å². The Kier molecular flexibility index (Phi) is 8.31. The molecule has 0 bridgehead atoms. The second-order valence-corrected chi connectivity index (χ2v) is 8.89. The fourth-order valence-electron chi connectivity index (χ4n) is 3.13.